The maximum Gasteiger partial charge on any atom is 0.269 e. The Balaban J connectivity index is 1.54. The zero-order valence-corrected chi connectivity index (χ0v) is 16.7. The fourth-order valence-corrected chi connectivity index (χ4v) is 3.06. The number of allylic oxidation sites excluding steroid dienone is 1. The summed E-state index contributed by atoms with van der Waals surface area (Å²) >= 11 is 6.02. The maximum atomic E-state index is 10.7. The van der Waals surface area contributed by atoms with Gasteiger partial charge in [0.2, 0.25) is 5.89 Å². The summed E-state index contributed by atoms with van der Waals surface area (Å²) in [5.74, 6) is 0.505. The van der Waals surface area contributed by atoms with E-state index in [9.17, 15) is 10.1 Å². The molecule has 30 heavy (non-hydrogen) atoms. The van der Waals surface area contributed by atoms with Gasteiger partial charge in [0.25, 0.3) is 5.69 Å². The average molecular weight is 418 g/mol. The van der Waals surface area contributed by atoms with Gasteiger partial charge in [-0.25, -0.2) is 4.98 Å². The van der Waals surface area contributed by atoms with Gasteiger partial charge in [-0.15, -0.1) is 0 Å². The summed E-state index contributed by atoms with van der Waals surface area (Å²) in [6.45, 7) is 1.97. The lowest BCUT2D eigenvalue weighted by Crippen LogP contribution is -1.86. The molecule has 0 radical (unpaired) electrons. The Morgan fingerprint density at radius 2 is 1.90 bits per heavy atom. The van der Waals surface area contributed by atoms with Crippen LogP contribution in [0, 0.1) is 17.0 Å². The highest BCUT2D eigenvalue weighted by atomic mass is 35.5. The summed E-state index contributed by atoms with van der Waals surface area (Å²) in [6.07, 6.45) is 5.30. The number of nitro benzene ring substituents is 1. The number of oxazole rings is 1. The Bertz CT molecular complexity index is 1290. The van der Waals surface area contributed by atoms with E-state index in [0.29, 0.717) is 22.0 Å². The molecule has 7 heteroatoms. The van der Waals surface area contributed by atoms with E-state index in [1.54, 1.807) is 42.6 Å². The largest absolute Gasteiger partial charge is 0.436 e. The summed E-state index contributed by atoms with van der Waals surface area (Å²) in [7, 11) is 0. The van der Waals surface area contributed by atoms with Gasteiger partial charge >= 0.3 is 0 Å². The molecule has 0 aliphatic heterocycles. The molecule has 0 atom stereocenters. The quantitative estimate of drug-likeness (QED) is 0.203. The third kappa shape index (κ3) is 4.29. The number of rotatable bonds is 5. The van der Waals surface area contributed by atoms with Gasteiger partial charge in [-0.3, -0.25) is 15.1 Å². The monoisotopic (exact) mass is 417 g/mol. The van der Waals surface area contributed by atoms with Crippen LogP contribution in [0.3, 0.4) is 0 Å². The number of hydrogen-bond acceptors (Lipinski definition) is 5. The zero-order chi connectivity index (χ0) is 21.1. The molecule has 0 aliphatic rings. The fraction of sp³-hybridized carbons (Fsp3) is 0.0435. The van der Waals surface area contributed by atoms with Gasteiger partial charge in [0, 0.05) is 28.9 Å². The van der Waals surface area contributed by atoms with Crippen LogP contribution in [0.5, 0.6) is 0 Å². The van der Waals surface area contributed by atoms with Crippen LogP contribution in [0.4, 0.5) is 11.4 Å². The van der Waals surface area contributed by atoms with E-state index in [-0.39, 0.29) is 5.69 Å². The van der Waals surface area contributed by atoms with Crippen molar-refractivity contribution < 1.29 is 9.34 Å². The van der Waals surface area contributed by atoms with Crippen LogP contribution in [-0.4, -0.2) is 16.1 Å². The summed E-state index contributed by atoms with van der Waals surface area (Å²) in [5, 5.41) is 11.3. The van der Waals surface area contributed by atoms with Gasteiger partial charge in [-0.05, 0) is 66.6 Å². The molecule has 0 aliphatic carbocycles. The molecule has 1 heterocycles. The Morgan fingerprint density at radius 3 is 2.67 bits per heavy atom. The molecule has 148 valence electrons. The topological polar surface area (TPSA) is 81.5 Å². The van der Waals surface area contributed by atoms with Crippen molar-refractivity contribution in [3.8, 4) is 11.5 Å². The van der Waals surface area contributed by atoms with Crippen molar-refractivity contribution in [3.63, 3.8) is 0 Å². The molecule has 1 aromatic heterocycles. The summed E-state index contributed by atoms with van der Waals surface area (Å²) in [5.41, 5.74) is 4.91. The molecule has 0 bridgehead atoms. The first-order valence-corrected chi connectivity index (χ1v) is 9.50. The minimum absolute atomic E-state index is 0.0646. The fourth-order valence-electron chi connectivity index (χ4n) is 2.89. The van der Waals surface area contributed by atoms with E-state index < -0.39 is 4.92 Å². The Kier molecular flexibility index (Phi) is 5.41. The van der Waals surface area contributed by atoms with Gasteiger partial charge in [-0.2, -0.15) is 0 Å². The lowest BCUT2D eigenvalue weighted by atomic mass is 10.1. The molecule has 6 nitrogen and oxygen atoms in total. The van der Waals surface area contributed by atoms with Crippen LogP contribution in [0.2, 0.25) is 5.02 Å². The van der Waals surface area contributed by atoms with Gasteiger partial charge in [-0.1, -0.05) is 23.7 Å². The highest BCUT2D eigenvalue weighted by Crippen LogP contribution is 2.30. The normalized spacial score (nSPS) is 11.7. The number of aromatic nitrogens is 1. The number of non-ortho nitro benzene ring substituents is 1. The number of aryl methyl sites for hydroxylation is 1. The summed E-state index contributed by atoms with van der Waals surface area (Å²) < 4.78 is 5.83. The van der Waals surface area contributed by atoms with Crippen molar-refractivity contribution in [1.29, 1.82) is 0 Å². The average Bonchev–Trinajstić information content (AvgIpc) is 3.16. The van der Waals surface area contributed by atoms with E-state index in [1.165, 1.54) is 12.1 Å². The van der Waals surface area contributed by atoms with Crippen molar-refractivity contribution in [2.75, 3.05) is 0 Å². The smallest absolute Gasteiger partial charge is 0.269 e. The predicted molar refractivity (Wildman–Crippen MR) is 119 cm³/mol. The lowest BCUT2D eigenvalue weighted by molar-refractivity contribution is -0.384. The minimum Gasteiger partial charge on any atom is -0.436 e. The van der Waals surface area contributed by atoms with Crippen LogP contribution in [0.25, 0.3) is 28.6 Å². The Hall–Kier alpha value is -3.77. The number of nitro groups is 1. The molecule has 0 saturated carbocycles. The third-order valence-corrected chi connectivity index (χ3v) is 4.73. The van der Waals surface area contributed by atoms with Gasteiger partial charge < -0.3 is 4.42 Å². The van der Waals surface area contributed by atoms with E-state index in [0.717, 1.165) is 22.4 Å². The molecule has 4 aromatic rings. The van der Waals surface area contributed by atoms with Crippen molar-refractivity contribution >= 4 is 46.4 Å². The van der Waals surface area contributed by atoms with E-state index in [1.807, 2.05) is 31.2 Å². The number of fused-ring (bicyclic) bond motifs is 1. The maximum absolute atomic E-state index is 10.7. The first-order valence-electron chi connectivity index (χ1n) is 9.12. The zero-order valence-electron chi connectivity index (χ0n) is 15.9. The van der Waals surface area contributed by atoms with Crippen LogP contribution in [0.15, 0.2) is 76.1 Å². The molecular weight excluding hydrogens is 402 g/mol. The predicted octanol–water partition coefficient (Wildman–Crippen LogP) is 6.78. The van der Waals surface area contributed by atoms with Gasteiger partial charge in [0.1, 0.15) is 5.52 Å². The number of hydrogen-bond donors (Lipinski definition) is 0. The molecule has 0 saturated heterocycles. The number of aliphatic imine (C=N–C) groups is 1. The van der Waals surface area contributed by atoms with Crippen LogP contribution in [0.1, 0.15) is 11.1 Å². The minimum atomic E-state index is -0.420. The molecule has 0 N–H and O–H groups in total. The summed E-state index contributed by atoms with van der Waals surface area (Å²) in [4.78, 5) is 19.3. The van der Waals surface area contributed by atoms with Gasteiger partial charge in [0.15, 0.2) is 5.58 Å². The van der Waals surface area contributed by atoms with E-state index in [2.05, 4.69) is 9.98 Å². The van der Waals surface area contributed by atoms with Crippen molar-refractivity contribution in [3.05, 3.63) is 93.0 Å². The summed E-state index contributed by atoms with van der Waals surface area (Å²) in [6, 6.07) is 17.5. The molecule has 3 aromatic carbocycles. The Morgan fingerprint density at radius 1 is 1.10 bits per heavy atom. The third-order valence-electron chi connectivity index (χ3n) is 4.50. The molecule has 4 rings (SSSR count). The number of halogens is 1. The van der Waals surface area contributed by atoms with E-state index >= 15 is 0 Å². The SMILES string of the molecule is Cc1ccc(-c2nc3cc(Cl)ccc3o2)cc1N=CC=Cc1ccc([N+](=O)[O-])cc1. The molecule has 0 spiro atoms. The van der Waals surface area contributed by atoms with Crippen molar-refractivity contribution in [2.45, 2.75) is 6.92 Å². The second kappa shape index (κ2) is 8.31. The number of benzene rings is 3. The van der Waals surface area contributed by atoms with Crippen LogP contribution >= 0.6 is 11.6 Å². The molecular formula is C23H16ClN3O3. The van der Waals surface area contributed by atoms with Crippen LogP contribution < -0.4 is 0 Å². The van der Waals surface area contributed by atoms with Gasteiger partial charge in [0.05, 0.1) is 10.6 Å². The molecule has 0 fully saturated rings. The Labute approximate surface area is 177 Å². The first-order chi connectivity index (χ1) is 14.5. The highest BCUT2D eigenvalue weighted by Gasteiger charge is 2.10. The molecule has 0 amide bonds. The van der Waals surface area contributed by atoms with Crippen LogP contribution in [-0.2, 0) is 0 Å². The second-order valence-electron chi connectivity index (χ2n) is 6.62. The standard InChI is InChI=1S/C23H16ClN3O3/c1-15-4-7-17(23-26-21-14-18(24)8-11-22(21)30-23)13-20(15)25-12-2-3-16-5-9-19(10-6-16)27(28)29/h2-14H,1H3. The highest BCUT2D eigenvalue weighted by molar-refractivity contribution is 6.31. The molecule has 0 unspecified atom stereocenters. The van der Waals surface area contributed by atoms with E-state index in [4.69, 9.17) is 16.0 Å². The number of nitrogens with zero attached hydrogens (tertiary/aromatic N) is 3. The lowest BCUT2D eigenvalue weighted by Gasteiger charge is -2.02. The second-order valence-corrected chi connectivity index (χ2v) is 7.05. The first kappa shape index (κ1) is 19.5. The van der Waals surface area contributed by atoms with Crippen molar-refractivity contribution in [1.82, 2.24) is 4.98 Å². The van der Waals surface area contributed by atoms with Crippen molar-refractivity contribution in [2.24, 2.45) is 4.99 Å².